The van der Waals surface area contributed by atoms with Crippen molar-refractivity contribution in [2.45, 2.75) is 26.3 Å². The molecule has 0 saturated heterocycles. The molecule has 112 valence electrons. The number of nitrogen functional groups attached to an aromatic ring is 1. The summed E-state index contributed by atoms with van der Waals surface area (Å²) in [6.07, 6.45) is 0. The monoisotopic (exact) mass is 308 g/mol. The molecule has 1 amide bonds. The first-order valence-corrected chi connectivity index (χ1v) is 7.18. The number of hydrogen-bond donors (Lipinski definition) is 3. The number of nitrogens with one attached hydrogen (secondary N) is 2. The number of benzene rings is 1. The van der Waals surface area contributed by atoms with Gasteiger partial charge in [-0.25, -0.2) is 9.37 Å². The fraction of sp³-hybridized carbons (Fsp3) is 0.286. The van der Waals surface area contributed by atoms with Crippen LogP contribution in [0.3, 0.4) is 0 Å². The van der Waals surface area contributed by atoms with Gasteiger partial charge in [0.2, 0.25) is 0 Å². The van der Waals surface area contributed by atoms with Crippen LogP contribution in [0.25, 0.3) is 0 Å². The minimum Gasteiger partial charge on any atom is -0.382 e. The summed E-state index contributed by atoms with van der Waals surface area (Å²) < 4.78 is 13.5. The van der Waals surface area contributed by atoms with Gasteiger partial charge in [0.25, 0.3) is 5.91 Å². The lowest BCUT2D eigenvalue weighted by Crippen LogP contribution is -2.25. The van der Waals surface area contributed by atoms with Gasteiger partial charge >= 0.3 is 0 Å². The lowest BCUT2D eigenvalue weighted by Gasteiger charge is -2.19. The van der Waals surface area contributed by atoms with Crippen LogP contribution in [0.15, 0.2) is 24.3 Å². The standard InChI is InChI=1S/C14H17FN4OS/c1-14(2,3)19-13-18-11(16)10(21-13)12(20)17-9-7-5-4-6-8(9)15/h4-7H,16H2,1-3H3,(H,17,20)(H,18,19). The highest BCUT2D eigenvalue weighted by molar-refractivity contribution is 7.18. The minimum absolute atomic E-state index is 0.112. The van der Waals surface area contributed by atoms with Crippen molar-refractivity contribution >= 4 is 33.9 Å². The molecule has 0 aliphatic heterocycles. The molecule has 5 nitrogen and oxygen atoms in total. The van der Waals surface area contributed by atoms with Gasteiger partial charge in [0.05, 0.1) is 5.69 Å². The summed E-state index contributed by atoms with van der Waals surface area (Å²) in [7, 11) is 0. The number of anilines is 3. The molecule has 1 aromatic heterocycles. The Morgan fingerprint density at radius 2 is 2.00 bits per heavy atom. The third-order valence-corrected chi connectivity index (χ3v) is 3.45. The first-order chi connectivity index (χ1) is 9.76. The maximum absolute atomic E-state index is 13.5. The summed E-state index contributed by atoms with van der Waals surface area (Å²) in [6, 6.07) is 5.95. The Morgan fingerprint density at radius 1 is 1.33 bits per heavy atom. The summed E-state index contributed by atoms with van der Waals surface area (Å²) in [5.41, 5.74) is 5.68. The molecule has 0 atom stereocenters. The van der Waals surface area contributed by atoms with E-state index in [1.807, 2.05) is 20.8 Å². The van der Waals surface area contributed by atoms with Crippen molar-refractivity contribution in [1.82, 2.24) is 4.98 Å². The number of para-hydroxylation sites is 1. The Labute approximate surface area is 126 Å². The smallest absolute Gasteiger partial charge is 0.269 e. The maximum Gasteiger partial charge on any atom is 0.269 e. The lowest BCUT2D eigenvalue weighted by molar-refractivity contribution is 0.103. The van der Waals surface area contributed by atoms with Crippen LogP contribution in [0, 0.1) is 5.82 Å². The van der Waals surface area contributed by atoms with Crippen LogP contribution in [-0.4, -0.2) is 16.4 Å². The Hall–Kier alpha value is -2.15. The summed E-state index contributed by atoms with van der Waals surface area (Å²) in [6.45, 7) is 5.93. The predicted molar refractivity (Wildman–Crippen MR) is 84.3 cm³/mol. The highest BCUT2D eigenvalue weighted by Gasteiger charge is 2.19. The van der Waals surface area contributed by atoms with Crippen molar-refractivity contribution in [2.24, 2.45) is 0 Å². The SMILES string of the molecule is CC(C)(C)Nc1nc(N)c(C(=O)Nc2ccccc2F)s1. The molecule has 0 saturated carbocycles. The Kier molecular flexibility index (Phi) is 4.13. The van der Waals surface area contributed by atoms with Crippen molar-refractivity contribution in [3.8, 4) is 0 Å². The van der Waals surface area contributed by atoms with Crippen LogP contribution < -0.4 is 16.4 Å². The molecule has 1 heterocycles. The van der Waals surface area contributed by atoms with Gasteiger partial charge in [0.1, 0.15) is 16.5 Å². The van der Waals surface area contributed by atoms with Gasteiger partial charge in [0.15, 0.2) is 5.13 Å². The molecule has 2 aromatic rings. The Balaban J connectivity index is 2.18. The molecular formula is C14H17FN4OS. The Morgan fingerprint density at radius 3 is 2.62 bits per heavy atom. The molecule has 0 bridgehead atoms. The number of rotatable bonds is 3. The van der Waals surface area contributed by atoms with E-state index in [4.69, 9.17) is 5.73 Å². The molecule has 21 heavy (non-hydrogen) atoms. The lowest BCUT2D eigenvalue weighted by atomic mass is 10.1. The third-order valence-electron chi connectivity index (χ3n) is 2.46. The molecule has 0 spiro atoms. The zero-order chi connectivity index (χ0) is 15.6. The number of nitrogens with zero attached hydrogens (tertiary/aromatic N) is 1. The largest absolute Gasteiger partial charge is 0.382 e. The molecule has 4 N–H and O–H groups in total. The number of hydrogen-bond acceptors (Lipinski definition) is 5. The number of nitrogens with two attached hydrogens (primary N) is 1. The second kappa shape index (κ2) is 5.69. The molecule has 0 unspecified atom stereocenters. The number of aromatic nitrogens is 1. The average molecular weight is 308 g/mol. The van der Waals surface area contributed by atoms with Crippen LogP contribution in [0.5, 0.6) is 0 Å². The second-order valence-corrected chi connectivity index (χ2v) is 6.54. The first kappa shape index (κ1) is 15.2. The highest BCUT2D eigenvalue weighted by atomic mass is 32.1. The van der Waals surface area contributed by atoms with E-state index in [1.54, 1.807) is 12.1 Å². The van der Waals surface area contributed by atoms with Crippen molar-refractivity contribution in [3.05, 3.63) is 35.0 Å². The number of amides is 1. The summed E-state index contributed by atoms with van der Waals surface area (Å²) in [4.78, 5) is 16.5. The number of carbonyl (C=O) groups excluding carboxylic acids is 1. The van der Waals surface area contributed by atoms with Gasteiger partial charge in [-0.1, -0.05) is 23.5 Å². The molecule has 7 heteroatoms. The van der Waals surface area contributed by atoms with Crippen LogP contribution in [0.4, 0.5) is 21.0 Å². The fourth-order valence-corrected chi connectivity index (χ4v) is 2.60. The van der Waals surface area contributed by atoms with Crippen LogP contribution in [-0.2, 0) is 0 Å². The van der Waals surface area contributed by atoms with E-state index in [-0.39, 0.29) is 21.9 Å². The number of thiazole rings is 1. The number of halogens is 1. The number of carbonyl (C=O) groups is 1. The molecule has 0 radical (unpaired) electrons. The van der Waals surface area contributed by atoms with E-state index < -0.39 is 11.7 Å². The summed E-state index contributed by atoms with van der Waals surface area (Å²) >= 11 is 1.14. The van der Waals surface area contributed by atoms with E-state index in [0.29, 0.717) is 5.13 Å². The molecule has 1 aromatic carbocycles. The molecule has 0 aliphatic carbocycles. The van der Waals surface area contributed by atoms with Gasteiger partial charge in [-0.2, -0.15) is 0 Å². The zero-order valence-electron chi connectivity index (χ0n) is 12.0. The summed E-state index contributed by atoms with van der Waals surface area (Å²) in [5, 5.41) is 6.19. The normalized spacial score (nSPS) is 11.2. The second-order valence-electron chi connectivity index (χ2n) is 5.54. The highest BCUT2D eigenvalue weighted by Crippen LogP contribution is 2.28. The van der Waals surface area contributed by atoms with Crippen molar-refractivity contribution in [1.29, 1.82) is 0 Å². The van der Waals surface area contributed by atoms with Crippen molar-refractivity contribution in [3.63, 3.8) is 0 Å². The quantitative estimate of drug-likeness (QED) is 0.812. The van der Waals surface area contributed by atoms with Gasteiger partial charge < -0.3 is 16.4 Å². The minimum atomic E-state index is -0.498. The third kappa shape index (κ3) is 3.91. The molecule has 0 aliphatic rings. The van der Waals surface area contributed by atoms with E-state index in [9.17, 15) is 9.18 Å². The van der Waals surface area contributed by atoms with E-state index in [0.717, 1.165) is 11.3 Å². The first-order valence-electron chi connectivity index (χ1n) is 6.36. The van der Waals surface area contributed by atoms with Crippen LogP contribution >= 0.6 is 11.3 Å². The van der Waals surface area contributed by atoms with Crippen molar-refractivity contribution in [2.75, 3.05) is 16.4 Å². The molecule has 2 rings (SSSR count). The van der Waals surface area contributed by atoms with Crippen LogP contribution in [0.1, 0.15) is 30.4 Å². The van der Waals surface area contributed by atoms with E-state index >= 15 is 0 Å². The van der Waals surface area contributed by atoms with Gasteiger partial charge in [-0.05, 0) is 32.9 Å². The predicted octanol–water partition coefficient (Wildman–Crippen LogP) is 3.33. The van der Waals surface area contributed by atoms with Gasteiger partial charge in [0, 0.05) is 5.54 Å². The fourth-order valence-electron chi connectivity index (χ4n) is 1.61. The van der Waals surface area contributed by atoms with Gasteiger partial charge in [-0.3, -0.25) is 4.79 Å². The van der Waals surface area contributed by atoms with E-state index in [2.05, 4.69) is 15.6 Å². The summed E-state index contributed by atoms with van der Waals surface area (Å²) in [5.74, 6) is -0.848. The topological polar surface area (TPSA) is 80.0 Å². The van der Waals surface area contributed by atoms with Crippen molar-refractivity contribution < 1.29 is 9.18 Å². The zero-order valence-corrected chi connectivity index (χ0v) is 12.8. The maximum atomic E-state index is 13.5. The Bertz CT molecular complexity index is 663. The van der Waals surface area contributed by atoms with E-state index in [1.165, 1.54) is 12.1 Å². The van der Waals surface area contributed by atoms with Crippen LogP contribution in [0.2, 0.25) is 0 Å². The molecular weight excluding hydrogens is 291 g/mol. The van der Waals surface area contributed by atoms with Gasteiger partial charge in [-0.15, -0.1) is 0 Å². The molecule has 0 fully saturated rings. The average Bonchev–Trinajstić information content (AvgIpc) is 2.70.